The molecule has 120 valence electrons. The van der Waals surface area contributed by atoms with Gasteiger partial charge < -0.3 is 4.90 Å². The number of hydrogen-bond acceptors (Lipinski definition) is 6. The van der Waals surface area contributed by atoms with Crippen molar-refractivity contribution in [1.29, 1.82) is 0 Å². The molecule has 1 aliphatic carbocycles. The van der Waals surface area contributed by atoms with Gasteiger partial charge in [0.15, 0.2) is 5.65 Å². The highest BCUT2D eigenvalue weighted by Gasteiger charge is 2.18. The Morgan fingerprint density at radius 2 is 2.04 bits per heavy atom. The number of aromatic nitrogens is 5. The van der Waals surface area contributed by atoms with Crippen LogP contribution in [0.15, 0.2) is 6.20 Å². The monoisotopic (exact) mass is 328 g/mol. The molecule has 0 saturated heterocycles. The molecule has 0 aliphatic heterocycles. The van der Waals surface area contributed by atoms with Crippen LogP contribution in [-0.2, 0) is 26.4 Å². The Morgan fingerprint density at radius 3 is 2.87 bits per heavy atom. The quantitative estimate of drug-likeness (QED) is 0.740. The van der Waals surface area contributed by atoms with Crippen LogP contribution in [0.4, 0.5) is 5.82 Å². The molecule has 0 spiro atoms. The number of fused-ring (bicyclic) bond motifs is 2. The van der Waals surface area contributed by atoms with Crippen LogP contribution >= 0.6 is 11.3 Å². The van der Waals surface area contributed by atoms with Crippen LogP contribution in [-0.4, -0.2) is 31.8 Å². The van der Waals surface area contributed by atoms with Crippen LogP contribution in [0.2, 0.25) is 0 Å². The molecule has 23 heavy (non-hydrogen) atoms. The van der Waals surface area contributed by atoms with Crippen molar-refractivity contribution in [3.8, 4) is 0 Å². The average molecular weight is 328 g/mol. The van der Waals surface area contributed by atoms with Gasteiger partial charge in [-0.15, -0.1) is 11.3 Å². The summed E-state index contributed by atoms with van der Waals surface area (Å²) in [5.41, 5.74) is 2.19. The maximum atomic E-state index is 4.84. The molecule has 0 bridgehead atoms. The van der Waals surface area contributed by atoms with Gasteiger partial charge >= 0.3 is 0 Å². The minimum Gasteiger partial charge on any atom is -0.352 e. The Bertz CT molecular complexity index is 841. The lowest BCUT2D eigenvalue weighted by molar-refractivity contribution is 0.680. The van der Waals surface area contributed by atoms with E-state index in [1.54, 1.807) is 4.68 Å². The Hall–Kier alpha value is -2.02. The first-order valence-corrected chi connectivity index (χ1v) is 8.78. The van der Waals surface area contributed by atoms with E-state index in [2.05, 4.69) is 27.0 Å². The van der Waals surface area contributed by atoms with Gasteiger partial charge in [-0.3, -0.25) is 4.68 Å². The predicted molar refractivity (Wildman–Crippen MR) is 91.9 cm³/mol. The summed E-state index contributed by atoms with van der Waals surface area (Å²) in [5.74, 6) is 1.69. The number of aryl methyl sites for hydroxylation is 4. The van der Waals surface area contributed by atoms with Crippen molar-refractivity contribution in [2.45, 2.75) is 39.2 Å². The van der Waals surface area contributed by atoms with E-state index in [4.69, 9.17) is 4.98 Å². The van der Waals surface area contributed by atoms with E-state index in [-0.39, 0.29) is 0 Å². The van der Waals surface area contributed by atoms with Gasteiger partial charge in [-0.1, -0.05) is 0 Å². The minimum atomic E-state index is 0.765. The molecule has 3 aromatic heterocycles. The number of hydrogen-bond donors (Lipinski definition) is 0. The first-order valence-electron chi connectivity index (χ1n) is 7.97. The smallest absolute Gasteiger partial charge is 0.163 e. The third-order valence-electron chi connectivity index (χ3n) is 4.31. The molecule has 0 atom stereocenters. The number of thiazole rings is 1. The van der Waals surface area contributed by atoms with Crippen molar-refractivity contribution in [2.75, 3.05) is 11.9 Å². The first-order chi connectivity index (χ1) is 11.1. The van der Waals surface area contributed by atoms with Crippen LogP contribution in [0.5, 0.6) is 0 Å². The second-order valence-electron chi connectivity index (χ2n) is 6.14. The minimum absolute atomic E-state index is 0.765. The summed E-state index contributed by atoms with van der Waals surface area (Å²) >= 11 is 1.86. The molecule has 4 rings (SSSR count). The second-order valence-corrected chi connectivity index (χ2v) is 7.31. The van der Waals surface area contributed by atoms with E-state index in [0.717, 1.165) is 35.6 Å². The van der Waals surface area contributed by atoms with Gasteiger partial charge in [-0.2, -0.15) is 5.10 Å². The fourth-order valence-corrected chi connectivity index (χ4v) is 4.37. The third kappa shape index (κ3) is 2.59. The van der Waals surface area contributed by atoms with Crippen molar-refractivity contribution >= 4 is 28.2 Å². The van der Waals surface area contributed by atoms with Crippen molar-refractivity contribution in [3.05, 3.63) is 27.6 Å². The van der Waals surface area contributed by atoms with Gasteiger partial charge in [-0.05, 0) is 32.6 Å². The fraction of sp³-hybridized carbons (Fsp3) is 0.500. The zero-order valence-corrected chi connectivity index (χ0v) is 14.5. The fourth-order valence-electron chi connectivity index (χ4n) is 3.15. The van der Waals surface area contributed by atoms with Crippen molar-refractivity contribution in [3.63, 3.8) is 0 Å². The average Bonchev–Trinajstić information content (AvgIpc) is 3.10. The standard InChI is InChI=1S/C16H20N6S/c1-10-18-15(11-8-17-22(3)16(11)19-10)21(2)9-14-20-12-6-4-5-7-13(12)23-14/h8H,4-7,9H2,1-3H3. The molecule has 0 aromatic carbocycles. The lowest BCUT2D eigenvalue weighted by Crippen LogP contribution is -2.18. The molecule has 0 unspecified atom stereocenters. The zero-order valence-electron chi connectivity index (χ0n) is 13.7. The maximum Gasteiger partial charge on any atom is 0.163 e. The molecular weight excluding hydrogens is 308 g/mol. The Labute approximate surface area is 139 Å². The normalized spacial score (nSPS) is 14.2. The van der Waals surface area contributed by atoms with Crippen LogP contribution in [0.1, 0.15) is 34.2 Å². The maximum absolute atomic E-state index is 4.84. The van der Waals surface area contributed by atoms with Crippen molar-refractivity contribution < 1.29 is 0 Å². The number of anilines is 1. The van der Waals surface area contributed by atoms with Crippen molar-refractivity contribution in [1.82, 2.24) is 24.7 Å². The van der Waals surface area contributed by atoms with Crippen LogP contribution in [0.3, 0.4) is 0 Å². The molecular formula is C16H20N6S. The Balaban J connectivity index is 1.66. The summed E-state index contributed by atoms with van der Waals surface area (Å²) in [5, 5.41) is 6.48. The third-order valence-corrected chi connectivity index (χ3v) is 5.45. The van der Waals surface area contributed by atoms with Gasteiger partial charge in [0, 0.05) is 19.0 Å². The van der Waals surface area contributed by atoms with Gasteiger partial charge in [-0.25, -0.2) is 15.0 Å². The number of nitrogens with zero attached hydrogens (tertiary/aromatic N) is 6. The summed E-state index contributed by atoms with van der Waals surface area (Å²) in [4.78, 5) is 17.6. The largest absolute Gasteiger partial charge is 0.352 e. The molecule has 0 fully saturated rings. The summed E-state index contributed by atoms with van der Waals surface area (Å²) in [6, 6.07) is 0. The highest BCUT2D eigenvalue weighted by atomic mass is 32.1. The van der Waals surface area contributed by atoms with Crippen LogP contribution in [0.25, 0.3) is 11.0 Å². The van der Waals surface area contributed by atoms with E-state index >= 15 is 0 Å². The first kappa shape index (κ1) is 14.6. The predicted octanol–water partition coefficient (Wildman–Crippen LogP) is 2.64. The molecule has 0 N–H and O–H groups in total. The summed E-state index contributed by atoms with van der Waals surface area (Å²) in [6.45, 7) is 2.70. The molecule has 0 amide bonds. The molecule has 7 heteroatoms. The summed E-state index contributed by atoms with van der Waals surface area (Å²) in [7, 11) is 3.97. The lowest BCUT2D eigenvalue weighted by Gasteiger charge is -2.17. The van der Waals surface area contributed by atoms with Crippen LogP contribution < -0.4 is 4.90 Å². The second kappa shape index (κ2) is 5.56. The highest BCUT2D eigenvalue weighted by Crippen LogP contribution is 2.29. The Morgan fingerprint density at radius 1 is 1.22 bits per heavy atom. The zero-order chi connectivity index (χ0) is 16.0. The summed E-state index contributed by atoms with van der Waals surface area (Å²) < 4.78 is 1.80. The van der Waals surface area contributed by atoms with E-state index in [1.807, 2.05) is 31.5 Å². The Kier molecular flexibility index (Phi) is 3.52. The molecule has 0 saturated carbocycles. The topological polar surface area (TPSA) is 59.7 Å². The van der Waals surface area contributed by atoms with E-state index in [0.29, 0.717) is 0 Å². The highest BCUT2D eigenvalue weighted by molar-refractivity contribution is 7.11. The molecule has 1 aliphatic rings. The SMILES string of the molecule is Cc1nc(N(C)Cc2nc3c(s2)CCCC3)c2cnn(C)c2n1. The van der Waals surface area contributed by atoms with Gasteiger partial charge in [0.05, 0.1) is 23.8 Å². The summed E-state index contributed by atoms with van der Waals surface area (Å²) in [6.07, 6.45) is 6.73. The molecule has 0 radical (unpaired) electrons. The van der Waals surface area contributed by atoms with E-state index in [9.17, 15) is 0 Å². The molecule has 3 aromatic rings. The number of rotatable bonds is 3. The van der Waals surface area contributed by atoms with Gasteiger partial charge in [0.2, 0.25) is 0 Å². The molecule has 6 nitrogen and oxygen atoms in total. The lowest BCUT2D eigenvalue weighted by atomic mass is 10.0. The van der Waals surface area contributed by atoms with E-state index in [1.165, 1.54) is 34.8 Å². The van der Waals surface area contributed by atoms with Crippen molar-refractivity contribution in [2.24, 2.45) is 7.05 Å². The van der Waals surface area contributed by atoms with Gasteiger partial charge in [0.1, 0.15) is 16.6 Å². The van der Waals surface area contributed by atoms with Crippen LogP contribution in [0, 0.1) is 6.92 Å². The van der Waals surface area contributed by atoms with E-state index < -0.39 is 0 Å². The van der Waals surface area contributed by atoms with Gasteiger partial charge in [0.25, 0.3) is 0 Å². The molecule has 3 heterocycles.